The molecule has 0 unspecified atom stereocenters. The molecule has 28 heavy (non-hydrogen) atoms. The predicted molar refractivity (Wildman–Crippen MR) is 101 cm³/mol. The number of benzene rings is 1. The van der Waals surface area contributed by atoms with Gasteiger partial charge in [0.1, 0.15) is 0 Å². The molecule has 7 nitrogen and oxygen atoms in total. The van der Waals surface area contributed by atoms with Crippen LogP contribution in [0.25, 0.3) is 4.85 Å². The van der Waals surface area contributed by atoms with Gasteiger partial charge in [-0.2, -0.15) is 0 Å². The van der Waals surface area contributed by atoms with Crippen LogP contribution in [0, 0.1) is 18.3 Å². The number of amides is 1. The Balaban J connectivity index is 1.56. The van der Waals surface area contributed by atoms with E-state index in [1.807, 2.05) is 0 Å². The summed E-state index contributed by atoms with van der Waals surface area (Å²) in [4.78, 5) is 18.1. The third-order valence-corrected chi connectivity index (χ3v) is 5.16. The van der Waals surface area contributed by atoms with Gasteiger partial charge in [0.2, 0.25) is 6.54 Å². The summed E-state index contributed by atoms with van der Waals surface area (Å²) >= 11 is 0. The molecule has 0 bridgehead atoms. The van der Waals surface area contributed by atoms with E-state index in [2.05, 4.69) is 15.1 Å². The van der Waals surface area contributed by atoms with Crippen LogP contribution in [0.5, 0.6) is 11.5 Å². The van der Waals surface area contributed by atoms with E-state index in [1.165, 1.54) is 12.1 Å². The Labute approximate surface area is 164 Å². The summed E-state index contributed by atoms with van der Waals surface area (Å²) in [7, 11) is 0. The smallest absolute Gasteiger partial charge is 0.255 e. The van der Waals surface area contributed by atoms with Crippen molar-refractivity contribution in [2.45, 2.75) is 25.4 Å². The lowest BCUT2D eigenvalue weighted by atomic mass is 9.93. The summed E-state index contributed by atoms with van der Waals surface area (Å²) in [6, 6.07) is 2.60. The maximum atomic E-state index is 14.0. The minimum absolute atomic E-state index is 0.0158. The number of nitrogens with one attached hydrogen (secondary N) is 1. The Bertz CT molecular complexity index is 737. The lowest BCUT2D eigenvalue weighted by Crippen LogP contribution is -2.47. The number of nitrogens with zero attached hydrogens (tertiary/aromatic N) is 2. The fourth-order valence-electron chi connectivity index (χ4n) is 3.58. The first-order chi connectivity index (χ1) is 13.6. The summed E-state index contributed by atoms with van der Waals surface area (Å²) < 4.78 is 24.9. The second kappa shape index (κ2) is 9.71. The average molecular weight is 391 g/mol. The molecule has 2 aliphatic rings. The number of carbonyl (C=O) groups is 1. The summed E-state index contributed by atoms with van der Waals surface area (Å²) in [5.74, 6) is -0.830. The maximum Gasteiger partial charge on any atom is 0.255 e. The first kappa shape index (κ1) is 20.4. The molecule has 0 spiro atoms. The quantitative estimate of drug-likeness (QED) is 0.570. The van der Waals surface area contributed by atoms with Crippen LogP contribution in [0.1, 0.15) is 29.6 Å². The van der Waals surface area contributed by atoms with Gasteiger partial charge in [0.25, 0.3) is 5.91 Å². The Kier molecular flexibility index (Phi) is 7.06. The number of aliphatic hydroxyl groups is 1. The van der Waals surface area contributed by atoms with Gasteiger partial charge in [0.05, 0.1) is 24.9 Å². The van der Waals surface area contributed by atoms with Gasteiger partial charge in [0.15, 0.2) is 17.3 Å². The number of fused-ring (bicyclic) bond motifs is 1. The van der Waals surface area contributed by atoms with E-state index in [-0.39, 0.29) is 28.9 Å². The fraction of sp³-hybridized carbons (Fsp3) is 0.600. The summed E-state index contributed by atoms with van der Waals surface area (Å²) in [6.45, 7) is 10.5. The van der Waals surface area contributed by atoms with Crippen molar-refractivity contribution in [3.63, 3.8) is 0 Å². The van der Waals surface area contributed by atoms with Crippen molar-refractivity contribution in [1.29, 1.82) is 0 Å². The molecule has 2 aliphatic heterocycles. The number of β-amino-alcohol motifs (C(OH)–C–C–N with tert-alkyl or cyclic N) is 1. The van der Waals surface area contributed by atoms with Crippen molar-refractivity contribution in [1.82, 2.24) is 10.2 Å². The third-order valence-electron chi connectivity index (χ3n) is 5.16. The van der Waals surface area contributed by atoms with Crippen molar-refractivity contribution < 1.29 is 23.8 Å². The van der Waals surface area contributed by atoms with E-state index in [0.717, 1.165) is 25.9 Å². The molecule has 2 N–H and O–H groups in total. The van der Waals surface area contributed by atoms with E-state index in [9.17, 15) is 14.3 Å². The van der Waals surface area contributed by atoms with Crippen LogP contribution in [0.3, 0.4) is 0 Å². The second-order valence-corrected chi connectivity index (χ2v) is 7.17. The lowest BCUT2D eigenvalue weighted by molar-refractivity contribution is 0.0222. The Morgan fingerprint density at radius 2 is 2.14 bits per heavy atom. The Hall–Kier alpha value is -2.37. The Morgan fingerprint density at radius 1 is 1.36 bits per heavy atom. The molecule has 1 saturated heterocycles. The van der Waals surface area contributed by atoms with Crippen molar-refractivity contribution in [3.8, 4) is 11.5 Å². The van der Waals surface area contributed by atoms with Crippen molar-refractivity contribution in [3.05, 3.63) is 34.9 Å². The molecule has 0 saturated carbocycles. The van der Waals surface area contributed by atoms with Gasteiger partial charge in [0, 0.05) is 38.4 Å². The zero-order chi connectivity index (χ0) is 19.9. The maximum absolute atomic E-state index is 14.0. The fourth-order valence-corrected chi connectivity index (χ4v) is 3.58. The first-order valence-electron chi connectivity index (χ1n) is 9.70. The summed E-state index contributed by atoms with van der Waals surface area (Å²) in [5.41, 5.74) is 0.240. The second-order valence-electron chi connectivity index (χ2n) is 7.17. The van der Waals surface area contributed by atoms with Crippen LogP contribution in [-0.2, 0) is 0 Å². The highest BCUT2D eigenvalue weighted by atomic mass is 19.1. The van der Waals surface area contributed by atoms with Crippen molar-refractivity contribution in [2.24, 2.45) is 5.92 Å². The van der Waals surface area contributed by atoms with Gasteiger partial charge >= 0.3 is 0 Å². The van der Waals surface area contributed by atoms with Gasteiger partial charge in [-0.3, -0.25) is 4.79 Å². The molecule has 2 atom stereocenters. The van der Waals surface area contributed by atoms with Crippen LogP contribution in [-0.4, -0.2) is 68.0 Å². The van der Waals surface area contributed by atoms with Crippen LogP contribution in [0.4, 0.5) is 4.39 Å². The van der Waals surface area contributed by atoms with Gasteiger partial charge in [-0.1, -0.05) is 0 Å². The third kappa shape index (κ3) is 4.91. The summed E-state index contributed by atoms with van der Waals surface area (Å²) in [6.07, 6.45) is 1.65. The van der Waals surface area contributed by atoms with Crippen LogP contribution in [0.2, 0.25) is 0 Å². The molecule has 0 radical (unpaired) electrons. The lowest BCUT2D eigenvalue weighted by Gasteiger charge is -2.35. The molecule has 3 rings (SSSR count). The highest BCUT2D eigenvalue weighted by molar-refractivity contribution is 5.97. The van der Waals surface area contributed by atoms with Gasteiger partial charge in [-0.05, 0) is 25.1 Å². The molecular weight excluding hydrogens is 365 g/mol. The molecule has 1 aromatic carbocycles. The van der Waals surface area contributed by atoms with Crippen LogP contribution >= 0.6 is 0 Å². The highest BCUT2D eigenvalue weighted by Crippen LogP contribution is 2.36. The molecule has 8 heteroatoms. The number of ether oxygens (including phenoxy) is 2. The molecule has 0 aliphatic carbocycles. The molecule has 1 amide bonds. The largest absolute Gasteiger partial charge is 0.489 e. The number of likely N-dealkylation sites (tertiary alicyclic amines) is 1. The van der Waals surface area contributed by atoms with Gasteiger partial charge in [-0.25, -0.2) is 11.0 Å². The van der Waals surface area contributed by atoms with Crippen LogP contribution < -0.4 is 14.8 Å². The average Bonchev–Trinajstić information content (AvgIpc) is 2.94. The normalized spacial score (nSPS) is 22.2. The molecular formula is C20H26FN3O4. The number of aliphatic hydroxyl groups excluding tert-OH is 1. The Morgan fingerprint density at radius 3 is 2.89 bits per heavy atom. The van der Waals surface area contributed by atoms with E-state index >= 15 is 0 Å². The summed E-state index contributed by atoms with van der Waals surface area (Å²) in [5, 5.41) is 13.2. The zero-order valence-electron chi connectivity index (χ0n) is 15.8. The van der Waals surface area contributed by atoms with Crippen molar-refractivity contribution in [2.75, 3.05) is 45.9 Å². The minimum Gasteiger partial charge on any atom is -0.489 e. The van der Waals surface area contributed by atoms with Gasteiger partial charge < -0.3 is 29.6 Å². The number of hydrogen-bond donors (Lipinski definition) is 2. The number of rotatable bonds is 6. The number of halogens is 1. The number of piperidine rings is 1. The molecule has 2 heterocycles. The standard InChI is InChI=1S/C20H26FN3O4/c1-22-7-2-8-24-9-6-14(17(25)13-24)12-23-20(26)15-4-5-16(21)19-18(15)27-10-3-11-28-19/h4-5,14,17,25H,2-3,6-13H2,(H,23,26)/t14-,17+/m0/s1. The minimum atomic E-state index is -0.547. The topological polar surface area (TPSA) is 75.4 Å². The van der Waals surface area contributed by atoms with E-state index < -0.39 is 11.9 Å². The molecule has 1 fully saturated rings. The SMILES string of the molecule is [C-]#[N+]CCCN1CC[C@@H](CNC(=O)c2ccc(F)c3c2OCCCO3)[C@H](O)C1. The molecule has 152 valence electrons. The van der Waals surface area contributed by atoms with Crippen molar-refractivity contribution >= 4 is 5.91 Å². The molecule has 0 aromatic heterocycles. The van der Waals surface area contributed by atoms with E-state index in [0.29, 0.717) is 39.3 Å². The number of hydrogen-bond acceptors (Lipinski definition) is 5. The van der Waals surface area contributed by atoms with E-state index in [1.54, 1.807) is 0 Å². The predicted octanol–water partition coefficient (Wildman–Crippen LogP) is 1.71. The van der Waals surface area contributed by atoms with Gasteiger partial charge in [-0.15, -0.1) is 0 Å². The highest BCUT2D eigenvalue weighted by Gasteiger charge is 2.29. The van der Waals surface area contributed by atoms with E-state index in [4.69, 9.17) is 16.0 Å². The van der Waals surface area contributed by atoms with Crippen LogP contribution in [0.15, 0.2) is 12.1 Å². The number of carbonyl (C=O) groups excluding carboxylic acids is 1. The monoisotopic (exact) mass is 391 g/mol. The first-order valence-corrected chi connectivity index (χ1v) is 9.70. The zero-order valence-corrected chi connectivity index (χ0v) is 15.8. The molecule has 1 aromatic rings.